The van der Waals surface area contributed by atoms with E-state index in [0.29, 0.717) is 18.5 Å². The van der Waals surface area contributed by atoms with Crippen LogP contribution in [-0.2, 0) is 0 Å². The van der Waals surface area contributed by atoms with E-state index in [1.165, 1.54) is 12.8 Å². The smallest absolute Gasteiger partial charge is 0.373 e. The topological polar surface area (TPSA) is 81.0 Å². The van der Waals surface area contributed by atoms with E-state index in [9.17, 15) is 5.02 Å². The summed E-state index contributed by atoms with van der Waals surface area (Å²) in [5.74, 6) is 0.384. The molecule has 1 rings (SSSR count). The molecular weight excluding hydrogens is 179 g/mol. The first kappa shape index (κ1) is 11.4. The molecular formula is C8H17BN4O. The SMILES string of the molecule is CB(O)N[C@@H]1CCCC[C@H]1CN=[N+]=[N-]. The maximum Gasteiger partial charge on any atom is 0.373 e. The third kappa shape index (κ3) is 3.58. The maximum atomic E-state index is 9.23. The van der Waals surface area contributed by atoms with Crippen LogP contribution in [0.15, 0.2) is 5.11 Å². The van der Waals surface area contributed by atoms with E-state index in [-0.39, 0.29) is 0 Å². The molecule has 0 aliphatic heterocycles. The summed E-state index contributed by atoms with van der Waals surface area (Å²) in [5, 5.41) is 16.0. The van der Waals surface area contributed by atoms with Crippen LogP contribution in [-0.4, -0.2) is 24.7 Å². The van der Waals surface area contributed by atoms with Crippen LogP contribution in [0.3, 0.4) is 0 Å². The standard InChI is InChI=1S/C8H17BN4O/c1-9(14)12-8-5-3-2-4-7(8)6-11-13-10/h7-8,12,14H,2-6H2,1H3/t7-,8+/m0/s1. The molecule has 0 bridgehead atoms. The van der Waals surface area contributed by atoms with Gasteiger partial charge in [-0.05, 0) is 31.1 Å². The fraction of sp³-hybridized carbons (Fsp3) is 1.00. The Morgan fingerprint density at radius 3 is 2.93 bits per heavy atom. The van der Waals surface area contributed by atoms with Gasteiger partial charge in [-0.1, -0.05) is 18.0 Å². The zero-order valence-electron chi connectivity index (χ0n) is 8.56. The molecule has 1 fully saturated rings. The molecule has 6 heteroatoms. The second kappa shape index (κ2) is 5.91. The summed E-state index contributed by atoms with van der Waals surface area (Å²) in [6.45, 7) is 2.26. The van der Waals surface area contributed by atoms with Gasteiger partial charge in [-0.15, -0.1) is 0 Å². The van der Waals surface area contributed by atoms with Crippen LogP contribution in [0.1, 0.15) is 25.7 Å². The van der Waals surface area contributed by atoms with Crippen molar-refractivity contribution in [2.24, 2.45) is 11.0 Å². The molecule has 0 aromatic rings. The first-order valence-corrected chi connectivity index (χ1v) is 5.19. The Hall–Kier alpha value is -0.705. The van der Waals surface area contributed by atoms with Crippen molar-refractivity contribution >= 4 is 7.05 Å². The first-order chi connectivity index (χ1) is 6.74. The largest absolute Gasteiger partial charge is 0.437 e. The number of rotatable bonds is 4. The van der Waals surface area contributed by atoms with E-state index in [1.54, 1.807) is 6.82 Å². The summed E-state index contributed by atoms with van der Waals surface area (Å²) in [7, 11) is -0.480. The van der Waals surface area contributed by atoms with Crippen molar-refractivity contribution in [3.8, 4) is 0 Å². The Morgan fingerprint density at radius 1 is 1.57 bits per heavy atom. The van der Waals surface area contributed by atoms with Crippen LogP contribution >= 0.6 is 0 Å². The average molecular weight is 196 g/mol. The second-order valence-corrected chi connectivity index (χ2v) is 3.91. The van der Waals surface area contributed by atoms with Crippen molar-refractivity contribution in [3.05, 3.63) is 10.4 Å². The van der Waals surface area contributed by atoms with Gasteiger partial charge in [0.05, 0.1) is 0 Å². The van der Waals surface area contributed by atoms with Gasteiger partial charge < -0.3 is 10.3 Å². The van der Waals surface area contributed by atoms with Gasteiger partial charge in [-0.25, -0.2) is 0 Å². The number of hydrogen-bond donors (Lipinski definition) is 2. The Bertz CT molecular complexity index is 217. The normalized spacial score (nSPS) is 26.7. The van der Waals surface area contributed by atoms with Gasteiger partial charge in [0.15, 0.2) is 0 Å². The van der Waals surface area contributed by atoms with E-state index >= 15 is 0 Å². The van der Waals surface area contributed by atoms with E-state index < -0.39 is 7.05 Å². The summed E-state index contributed by atoms with van der Waals surface area (Å²) in [5.41, 5.74) is 8.25. The number of nitrogens with zero attached hydrogens (tertiary/aromatic N) is 3. The summed E-state index contributed by atoms with van der Waals surface area (Å²) < 4.78 is 0. The maximum absolute atomic E-state index is 9.23. The summed E-state index contributed by atoms with van der Waals surface area (Å²) >= 11 is 0. The average Bonchev–Trinajstić information content (AvgIpc) is 2.16. The molecule has 78 valence electrons. The Kier molecular flexibility index (Phi) is 4.80. The number of nitrogens with one attached hydrogen (secondary N) is 1. The van der Waals surface area contributed by atoms with Gasteiger partial charge in [-0.3, -0.25) is 0 Å². The number of azide groups is 1. The van der Waals surface area contributed by atoms with Gasteiger partial charge >= 0.3 is 7.05 Å². The number of hydrogen-bond acceptors (Lipinski definition) is 3. The second-order valence-electron chi connectivity index (χ2n) is 3.91. The van der Waals surface area contributed by atoms with Gasteiger partial charge in [0.2, 0.25) is 0 Å². The molecule has 14 heavy (non-hydrogen) atoms. The monoisotopic (exact) mass is 196 g/mol. The summed E-state index contributed by atoms with van der Waals surface area (Å²) in [4.78, 5) is 2.78. The van der Waals surface area contributed by atoms with Crippen LogP contribution in [0.5, 0.6) is 0 Å². The molecule has 0 aromatic heterocycles. The highest BCUT2D eigenvalue weighted by atomic mass is 16.2. The molecule has 1 aliphatic rings. The molecule has 2 N–H and O–H groups in total. The molecule has 0 saturated heterocycles. The highest BCUT2D eigenvalue weighted by molar-refractivity contribution is 6.45. The molecule has 1 aliphatic carbocycles. The van der Waals surface area contributed by atoms with Gasteiger partial charge in [0, 0.05) is 17.5 Å². The predicted octanol–water partition coefficient (Wildman–Crippen LogP) is 1.56. The molecule has 0 heterocycles. The van der Waals surface area contributed by atoms with Crippen molar-refractivity contribution in [1.82, 2.24) is 5.23 Å². The minimum atomic E-state index is -0.480. The minimum Gasteiger partial charge on any atom is -0.437 e. The van der Waals surface area contributed by atoms with Crippen molar-refractivity contribution in [2.45, 2.75) is 38.5 Å². The lowest BCUT2D eigenvalue weighted by Crippen LogP contribution is -2.46. The van der Waals surface area contributed by atoms with E-state index in [2.05, 4.69) is 15.3 Å². The van der Waals surface area contributed by atoms with Crippen molar-refractivity contribution in [2.75, 3.05) is 6.54 Å². The van der Waals surface area contributed by atoms with E-state index in [4.69, 9.17) is 5.53 Å². The Balaban J connectivity index is 2.45. The van der Waals surface area contributed by atoms with Crippen molar-refractivity contribution < 1.29 is 5.02 Å². The zero-order valence-corrected chi connectivity index (χ0v) is 8.56. The van der Waals surface area contributed by atoms with Crippen molar-refractivity contribution in [3.63, 3.8) is 0 Å². The first-order valence-electron chi connectivity index (χ1n) is 5.19. The fourth-order valence-electron chi connectivity index (χ4n) is 2.10. The fourth-order valence-corrected chi connectivity index (χ4v) is 2.10. The third-order valence-electron chi connectivity index (χ3n) is 2.74. The molecule has 5 nitrogen and oxygen atoms in total. The lowest BCUT2D eigenvalue weighted by Gasteiger charge is -2.31. The van der Waals surface area contributed by atoms with Gasteiger partial charge in [0.1, 0.15) is 0 Å². The zero-order chi connectivity index (χ0) is 10.4. The molecule has 2 atom stereocenters. The van der Waals surface area contributed by atoms with Crippen LogP contribution in [0.2, 0.25) is 6.82 Å². The lowest BCUT2D eigenvalue weighted by molar-refractivity contribution is 0.289. The molecule has 0 radical (unpaired) electrons. The van der Waals surface area contributed by atoms with E-state index in [1.807, 2.05) is 0 Å². The molecule has 0 spiro atoms. The summed E-state index contributed by atoms with van der Waals surface area (Å²) in [6.07, 6.45) is 4.54. The summed E-state index contributed by atoms with van der Waals surface area (Å²) in [6, 6.07) is 0.300. The molecule has 0 aromatic carbocycles. The third-order valence-corrected chi connectivity index (χ3v) is 2.74. The molecule has 0 unspecified atom stereocenters. The van der Waals surface area contributed by atoms with Gasteiger partial charge in [-0.2, -0.15) is 0 Å². The highest BCUT2D eigenvalue weighted by Gasteiger charge is 2.25. The molecule has 0 amide bonds. The predicted molar refractivity (Wildman–Crippen MR) is 56.7 cm³/mol. The van der Waals surface area contributed by atoms with Crippen LogP contribution < -0.4 is 5.23 Å². The van der Waals surface area contributed by atoms with Crippen molar-refractivity contribution in [1.29, 1.82) is 0 Å². The van der Waals surface area contributed by atoms with E-state index in [0.717, 1.165) is 12.8 Å². The Labute approximate surface area is 84.6 Å². The van der Waals surface area contributed by atoms with Crippen LogP contribution in [0.4, 0.5) is 0 Å². The Morgan fingerprint density at radius 2 is 2.29 bits per heavy atom. The minimum absolute atomic E-state index is 0.300. The van der Waals surface area contributed by atoms with Gasteiger partial charge in [0.25, 0.3) is 0 Å². The highest BCUT2D eigenvalue weighted by Crippen LogP contribution is 2.24. The quantitative estimate of drug-likeness (QED) is 0.309. The lowest BCUT2D eigenvalue weighted by atomic mass is 9.78. The van der Waals surface area contributed by atoms with Crippen LogP contribution in [0, 0.1) is 5.92 Å². The van der Waals surface area contributed by atoms with Crippen LogP contribution in [0.25, 0.3) is 10.4 Å². The molecule has 1 saturated carbocycles.